The summed E-state index contributed by atoms with van der Waals surface area (Å²) in [4.78, 5) is 12.8. The summed E-state index contributed by atoms with van der Waals surface area (Å²) in [7, 11) is 0. The Kier molecular flexibility index (Phi) is 4.43. The third-order valence-electron chi connectivity index (χ3n) is 5.44. The van der Waals surface area contributed by atoms with Crippen LogP contribution in [0, 0.1) is 5.82 Å². The van der Waals surface area contributed by atoms with Crippen LogP contribution in [-0.4, -0.2) is 19.5 Å². The molecule has 0 radical (unpaired) electrons. The second-order valence-corrected chi connectivity index (χ2v) is 7.25. The quantitative estimate of drug-likeness (QED) is 0.543. The van der Waals surface area contributed by atoms with E-state index in [9.17, 15) is 4.39 Å². The van der Waals surface area contributed by atoms with E-state index in [2.05, 4.69) is 21.9 Å². The smallest absolute Gasteiger partial charge is 0.166 e. The molecule has 0 fully saturated rings. The fraction of sp³-hybridized carbons (Fsp3) is 0.174. The van der Waals surface area contributed by atoms with Crippen LogP contribution in [0.2, 0.25) is 0 Å². The maximum atomic E-state index is 14.0. The van der Waals surface area contributed by atoms with Crippen LogP contribution in [0.3, 0.4) is 0 Å². The number of aromatic nitrogens is 4. The average molecular weight is 401 g/mol. The van der Waals surface area contributed by atoms with Gasteiger partial charge in [-0.15, -0.1) is 0 Å². The van der Waals surface area contributed by atoms with Crippen molar-refractivity contribution in [1.29, 1.82) is 0 Å². The molecule has 0 spiro atoms. The lowest BCUT2D eigenvalue weighted by Crippen LogP contribution is -2.20. The first-order valence-electron chi connectivity index (χ1n) is 9.83. The molecule has 30 heavy (non-hydrogen) atoms. The van der Waals surface area contributed by atoms with Gasteiger partial charge in [0.05, 0.1) is 12.4 Å². The number of imidazole rings is 1. The van der Waals surface area contributed by atoms with Gasteiger partial charge in [-0.25, -0.2) is 19.3 Å². The fourth-order valence-corrected chi connectivity index (χ4v) is 4.00. The first kappa shape index (κ1) is 18.3. The van der Waals surface area contributed by atoms with Crippen LogP contribution in [0.5, 0.6) is 5.75 Å². The van der Waals surface area contributed by atoms with Gasteiger partial charge in [-0.3, -0.25) is 0 Å². The van der Waals surface area contributed by atoms with Crippen LogP contribution >= 0.6 is 0 Å². The number of rotatable bonds is 4. The van der Waals surface area contributed by atoms with Crippen molar-refractivity contribution in [2.24, 2.45) is 0 Å². The van der Waals surface area contributed by atoms with Crippen molar-refractivity contribution in [3.8, 4) is 5.75 Å². The Balaban J connectivity index is 1.71. The summed E-state index contributed by atoms with van der Waals surface area (Å²) in [6, 6.07) is 14.4. The number of hydrogen-bond acceptors (Lipinski definition) is 5. The van der Waals surface area contributed by atoms with Crippen LogP contribution in [0.1, 0.15) is 30.5 Å². The summed E-state index contributed by atoms with van der Waals surface area (Å²) in [5.74, 6) is 1.63. The summed E-state index contributed by atoms with van der Waals surface area (Å²) in [6.07, 6.45) is 4.52. The molecule has 4 aromatic rings. The van der Waals surface area contributed by atoms with Gasteiger partial charge < -0.3 is 15.0 Å². The van der Waals surface area contributed by atoms with Gasteiger partial charge in [0, 0.05) is 12.0 Å². The van der Waals surface area contributed by atoms with Crippen molar-refractivity contribution in [3.05, 3.63) is 83.9 Å². The standard InChI is InChI=1S/C23H20FN5O/c1-2-18(29-13-28-20-22(25)26-12-27-23(20)29)21-17(14-7-5-8-16(24)10-14)11-15-6-3-4-9-19(15)30-21/h3-10,12-13,18H,2,11H2,1H3,(H2,25,26,27). The maximum Gasteiger partial charge on any atom is 0.166 e. The van der Waals surface area contributed by atoms with Gasteiger partial charge in [0.1, 0.15) is 29.2 Å². The summed E-state index contributed by atoms with van der Waals surface area (Å²) in [6.45, 7) is 2.07. The number of hydrogen-bond donors (Lipinski definition) is 1. The topological polar surface area (TPSA) is 78.9 Å². The maximum absolute atomic E-state index is 14.0. The van der Waals surface area contributed by atoms with Gasteiger partial charge in [0.25, 0.3) is 0 Å². The highest BCUT2D eigenvalue weighted by atomic mass is 19.1. The van der Waals surface area contributed by atoms with Crippen LogP contribution in [-0.2, 0) is 6.42 Å². The molecule has 0 amide bonds. The molecule has 2 N–H and O–H groups in total. The van der Waals surface area contributed by atoms with Gasteiger partial charge in [-0.2, -0.15) is 0 Å². The lowest BCUT2D eigenvalue weighted by atomic mass is 9.91. The molecule has 0 bridgehead atoms. The number of para-hydroxylation sites is 1. The number of allylic oxidation sites excluding steroid dienone is 2. The molecule has 1 aliphatic rings. The van der Waals surface area contributed by atoms with E-state index in [4.69, 9.17) is 10.5 Å². The number of nitrogen functional groups attached to an aromatic ring is 1. The van der Waals surface area contributed by atoms with Crippen molar-refractivity contribution < 1.29 is 9.13 Å². The molecule has 1 aliphatic heterocycles. The molecule has 1 unspecified atom stereocenters. The van der Waals surface area contributed by atoms with Gasteiger partial charge in [0.2, 0.25) is 0 Å². The SMILES string of the molecule is CCC(C1=C(c2cccc(F)c2)Cc2ccccc2O1)n1cnc2c(N)ncnc21. The molecular weight excluding hydrogens is 381 g/mol. The summed E-state index contributed by atoms with van der Waals surface area (Å²) < 4.78 is 22.4. The van der Waals surface area contributed by atoms with Gasteiger partial charge in [-0.05, 0) is 35.7 Å². The Bertz CT molecular complexity index is 1280. The summed E-state index contributed by atoms with van der Waals surface area (Å²) in [5, 5.41) is 0. The minimum atomic E-state index is -0.278. The average Bonchev–Trinajstić information content (AvgIpc) is 3.19. The van der Waals surface area contributed by atoms with E-state index < -0.39 is 0 Å². The minimum Gasteiger partial charge on any atom is -0.459 e. The molecule has 2 aromatic carbocycles. The molecule has 6 nitrogen and oxygen atoms in total. The van der Waals surface area contributed by atoms with Crippen LogP contribution in [0.15, 0.2) is 66.9 Å². The molecule has 0 aliphatic carbocycles. The predicted octanol–water partition coefficient (Wildman–Crippen LogP) is 4.55. The van der Waals surface area contributed by atoms with Crippen molar-refractivity contribution in [3.63, 3.8) is 0 Å². The zero-order valence-corrected chi connectivity index (χ0v) is 16.4. The number of fused-ring (bicyclic) bond motifs is 2. The highest BCUT2D eigenvalue weighted by molar-refractivity contribution is 5.81. The lowest BCUT2D eigenvalue weighted by molar-refractivity contribution is 0.333. The Morgan fingerprint density at radius 1 is 1.13 bits per heavy atom. The zero-order valence-electron chi connectivity index (χ0n) is 16.4. The number of anilines is 1. The van der Waals surface area contributed by atoms with Crippen LogP contribution in [0.4, 0.5) is 10.2 Å². The van der Waals surface area contributed by atoms with Crippen molar-refractivity contribution in [2.75, 3.05) is 5.73 Å². The van der Waals surface area contributed by atoms with Crippen molar-refractivity contribution in [1.82, 2.24) is 19.5 Å². The summed E-state index contributed by atoms with van der Waals surface area (Å²) >= 11 is 0. The van der Waals surface area contributed by atoms with E-state index in [0.29, 0.717) is 23.4 Å². The minimum absolute atomic E-state index is 0.184. The zero-order chi connectivity index (χ0) is 20.7. The molecule has 3 heterocycles. The molecule has 1 atom stereocenters. The Morgan fingerprint density at radius 3 is 2.83 bits per heavy atom. The third kappa shape index (κ3) is 2.99. The van der Waals surface area contributed by atoms with Gasteiger partial charge in [-0.1, -0.05) is 37.3 Å². The second kappa shape index (κ2) is 7.26. The second-order valence-electron chi connectivity index (χ2n) is 7.25. The summed E-state index contributed by atoms with van der Waals surface area (Å²) in [5.41, 5.74) is 9.99. The number of nitrogens with zero attached hydrogens (tertiary/aromatic N) is 4. The highest BCUT2D eigenvalue weighted by Crippen LogP contribution is 2.40. The number of halogens is 1. The van der Waals surface area contributed by atoms with Crippen LogP contribution in [0.25, 0.3) is 16.7 Å². The normalized spacial score (nSPS) is 14.5. The fourth-order valence-electron chi connectivity index (χ4n) is 4.00. The molecular formula is C23H20FN5O. The molecule has 7 heteroatoms. The van der Waals surface area contributed by atoms with E-state index >= 15 is 0 Å². The molecule has 2 aromatic heterocycles. The Labute approximate surface area is 172 Å². The molecule has 150 valence electrons. The molecule has 0 saturated carbocycles. The number of nitrogens with two attached hydrogens (primary N) is 1. The van der Waals surface area contributed by atoms with Gasteiger partial charge >= 0.3 is 0 Å². The number of benzene rings is 2. The van der Waals surface area contributed by atoms with Crippen molar-refractivity contribution in [2.45, 2.75) is 25.8 Å². The lowest BCUT2D eigenvalue weighted by Gasteiger charge is -2.29. The van der Waals surface area contributed by atoms with E-state index in [1.54, 1.807) is 18.5 Å². The predicted molar refractivity (Wildman–Crippen MR) is 113 cm³/mol. The molecule has 5 rings (SSSR count). The first-order valence-corrected chi connectivity index (χ1v) is 9.83. The Morgan fingerprint density at radius 2 is 2.00 bits per heavy atom. The van der Waals surface area contributed by atoms with E-state index in [-0.39, 0.29) is 11.9 Å². The van der Waals surface area contributed by atoms with Crippen molar-refractivity contribution >= 4 is 22.6 Å². The Hall–Kier alpha value is -3.74. The monoisotopic (exact) mass is 401 g/mol. The largest absolute Gasteiger partial charge is 0.459 e. The number of ether oxygens (including phenoxy) is 1. The first-order chi connectivity index (χ1) is 14.7. The highest BCUT2D eigenvalue weighted by Gasteiger charge is 2.29. The van der Waals surface area contributed by atoms with Crippen LogP contribution < -0.4 is 10.5 Å². The van der Waals surface area contributed by atoms with Gasteiger partial charge in [0.15, 0.2) is 11.5 Å². The third-order valence-corrected chi connectivity index (χ3v) is 5.44. The van der Waals surface area contributed by atoms with E-state index in [1.807, 2.05) is 34.9 Å². The molecule has 0 saturated heterocycles. The van der Waals surface area contributed by atoms with E-state index in [1.165, 1.54) is 12.4 Å². The van der Waals surface area contributed by atoms with E-state index in [0.717, 1.165) is 34.6 Å².